The quantitative estimate of drug-likeness (QED) is 0.630. The molecule has 1 aliphatic heterocycles. The highest BCUT2D eigenvalue weighted by molar-refractivity contribution is 7.92. The van der Waals surface area contributed by atoms with E-state index in [2.05, 4.69) is 10.2 Å². The molecule has 1 amide bonds. The molecule has 1 fully saturated rings. The third kappa shape index (κ3) is 6.15. The van der Waals surface area contributed by atoms with E-state index in [9.17, 15) is 17.6 Å². The zero-order valence-corrected chi connectivity index (χ0v) is 16.7. The summed E-state index contributed by atoms with van der Waals surface area (Å²) >= 11 is 0. The molecule has 0 radical (unpaired) electrons. The number of sulfonamides is 1. The van der Waals surface area contributed by atoms with Crippen molar-refractivity contribution in [3.8, 4) is 0 Å². The maximum Gasteiger partial charge on any atom is 0.243 e. The van der Waals surface area contributed by atoms with E-state index in [1.54, 1.807) is 13.0 Å². The summed E-state index contributed by atoms with van der Waals surface area (Å²) in [6.45, 7) is 6.16. The van der Waals surface area contributed by atoms with Crippen molar-refractivity contribution in [1.29, 1.82) is 0 Å². The number of rotatable bonds is 9. The van der Waals surface area contributed by atoms with Crippen LogP contribution in [0, 0.1) is 5.82 Å². The average Bonchev–Trinajstić information content (AvgIpc) is 2.64. The second kappa shape index (κ2) is 10.0. The van der Waals surface area contributed by atoms with Gasteiger partial charge in [0.1, 0.15) is 11.9 Å². The van der Waals surface area contributed by atoms with Crippen LogP contribution in [0.4, 0.5) is 10.1 Å². The molecule has 9 heteroatoms. The van der Waals surface area contributed by atoms with E-state index in [4.69, 9.17) is 4.74 Å². The molecule has 1 saturated heterocycles. The number of carbonyl (C=O) groups is 1. The number of benzene rings is 1. The molecule has 0 saturated carbocycles. The van der Waals surface area contributed by atoms with E-state index in [1.807, 2.05) is 0 Å². The fraction of sp³-hybridized carbons (Fsp3) is 0.611. The first-order chi connectivity index (χ1) is 12.8. The van der Waals surface area contributed by atoms with Crippen LogP contribution in [0.1, 0.15) is 19.8 Å². The second-order valence-corrected chi connectivity index (χ2v) is 8.39. The fourth-order valence-electron chi connectivity index (χ4n) is 3.12. The number of nitrogens with zero attached hydrogens (tertiary/aromatic N) is 2. The number of ether oxygens (including phenoxy) is 1. The Kier molecular flexibility index (Phi) is 8.00. The molecule has 1 heterocycles. The molecule has 1 aromatic rings. The van der Waals surface area contributed by atoms with Crippen molar-refractivity contribution >= 4 is 21.6 Å². The summed E-state index contributed by atoms with van der Waals surface area (Å²) in [7, 11) is -3.83. The van der Waals surface area contributed by atoms with Gasteiger partial charge in [0.15, 0.2) is 0 Å². The highest BCUT2D eigenvalue weighted by Gasteiger charge is 2.32. The van der Waals surface area contributed by atoms with E-state index in [-0.39, 0.29) is 12.1 Å². The molecule has 1 N–H and O–H groups in total. The van der Waals surface area contributed by atoms with Gasteiger partial charge in [-0.3, -0.25) is 14.0 Å². The third-order valence-electron chi connectivity index (χ3n) is 4.47. The summed E-state index contributed by atoms with van der Waals surface area (Å²) < 4.78 is 44.9. The van der Waals surface area contributed by atoms with E-state index in [1.165, 1.54) is 18.2 Å². The molecule has 0 spiro atoms. The van der Waals surface area contributed by atoms with Crippen LogP contribution in [0.3, 0.4) is 0 Å². The maximum atomic E-state index is 14.2. The molecular formula is C18H28FN3O4S. The van der Waals surface area contributed by atoms with Crippen LogP contribution in [-0.2, 0) is 19.6 Å². The summed E-state index contributed by atoms with van der Waals surface area (Å²) in [6.07, 6.45) is 1.96. The molecule has 7 nitrogen and oxygen atoms in total. The zero-order valence-electron chi connectivity index (χ0n) is 15.9. The van der Waals surface area contributed by atoms with Gasteiger partial charge in [-0.1, -0.05) is 19.1 Å². The summed E-state index contributed by atoms with van der Waals surface area (Å²) in [6, 6.07) is 4.57. The minimum Gasteiger partial charge on any atom is -0.379 e. The maximum absolute atomic E-state index is 14.2. The second-order valence-electron chi connectivity index (χ2n) is 6.53. The highest BCUT2D eigenvalue weighted by Crippen LogP contribution is 2.25. The van der Waals surface area contributed by atoms with Gasteiger partial charge in [0.2, 0.25) is 15.9 Å². The Balaban J connectivity index is 2.00. The number of halogens is 1. The van der Waals surface area contributed by atoms with Crippen molar-refractivity contribution in [1.82, 2.24) is 10.2 Å². The molecule has 27 heavy (non-hydrogen) atoms. The lowest BCUT2D eigenvalue weighted by molar-refractivity contribution is -0.122. The Morgan fingerprint density at radius 3 is 2.59 bits per heavy atom. The number of hydrogen-bond acceptors (Lipinski definition) is 5. The van der Waals surface area contributed by atoms with Crippen LogP contribution in [-0.4, -0.2) is 70.9 Å². The Bertz CT molecular complexity index is 723. The number of nitrogens with one attached hydrogen (secondary N) is 1. The van der Waals surface area contributed by atoms with Crippen LogP contribution in [0.25, 0.3) is 0 Å². The fourth-order valence-corrected chi connectivity index (χ4v) is 4.34. The number of amides is 1. The van der Waals surface area contributed by atoms with Gasteiger partial charge in [0.25, 0.3) is 0 Å². The highest BCUT2D eigenvalue weighted by atomic mass is 32.2. The molecule has 1 aromatic carbocycles. The molecule has 1 atom stereocenters. The van der Waals surface area contributed by atoms with Crippen LogP contribution in [0.2, 0.25) is 0 Å². The van der Waals surface area contributed by atoms with Crippen LogP contribution < -0.4 is 9.62 Å². The lowest BCUT2D eigenvalue weighted by Crippen LogP contribution is -2.50. The Morgan fingerprint density at radius 1 is 1.33 bits per heavy atom. The van der Waals surface area contributed by atoms with Crippen molar-refractivity contribution in [2.45, 2.75) is 25.8 Å². The van der Waals surface area contributed by atoms with Crippen molar-refractivity contribution in [2.75, 3.05) is 50.0 Å². The van der Waals surface area contributed by atoms with E-state index >= 15 is 0 Å². The van der Waals surface area contributed by atoms with E-state index in [0.29, 0.717) is 6.54 Å². The first-order valence-electron chi connectivity index (χ1n) is 9.16. The summed E-state index contributed by atoms with van der Waals surface area (Å²) in [5.41, 5.74) is -0.115. The van der Waals surface area contributed by atoms with Gasteiger partial charge >= 0.3 is 0 Å². The molecule has 0 unspecified atom stereocenters. The first kappa shape index (κ1) is 21.6. The van der Waals surface area contributed by atoms with Gasteiger partial charge in [-0.15, -0.1) is 0 Å². The minimum absolute atomic E-state index is 0.115. The lowest BCUT2D eigenvalue weighted by Gasteiger charge is -2.30. The minimum atomic E-state index is -3.83. The molecule has 0 bridgehead atoms. The summed E-state index contributed by atoms with van der Waals surface area (Å²) in [5.74, 6) is -1.10. The van der Waals surface area contributed by atoms with E-state index < -0.39 is 27.8 Å². The number of hydrogen-bond donors (Lipinski definition) is 1. The molecule has 1 aliphatic rings. The number of carbonyl (C=O) groups excluding carboxylic acids is 1. The summed E-state index contributed by atoms with van der Waals surface area (Å²) in [5, 5.41) is 2.79. The van der Waals surface area contributed by atoms with Gasteiger partial charge in [-0.2, -0.15) is 0 Å². The Hall–Kier alpha value is -1.71. The van der Waals surface area contributed by atoms with Crippen LogP contribution in [0.15, 0.2) is 24.3 Å². The molecular weight excluding hydrogens is 373 g/mol. The van der Waals surface area contributed by atoms with Crippen LogP contribution in [0.5, 0.6) is 0 Å². The monoisotopic (exact) mass is 401 g/mol. The van der Waals surface area contributed by atoms with Crippen molar-refractivity contribution in [2.24, 2.45) is 0 Å². The third-order valence-corrected chi connectivity index (χ3v) is 5.64. The average molecular weight is 402 g/mol. The predicted molar refractivity (Wildman–Crippen MR) is 103 cm³/mol. The van der Waals surface area contributed by atoms with Gasteiger partial charge in [0, 0.05) is 19.6 Å². The summed E-state index contributed by atoms with van der Waals surface area (Å²) in [4.78, 5) is 14.9. The first-order valence-corrected chi connectivity index (χ1v) is 11.0. The smallest absolute Gasteiger partial charge is 0.243 e. The van der Waals surface area contributed by atoms with E-state index in [0.717, 1.165) is 49.8 Å². The number of morpholine rings is 1. The predicted octanol–water partition coefficient (Wildman–Crippen LogP) is 1.21. The largest absolute Gasteiger partial charge is 0.379 e. The topological polar surface area (TPSA) is 79.0 Å². The molecule has 152 valence electrons. The molecule has 0 aromatic heterocycles. The van der Waals surface area contributed by atoms with Gasteiger partial charge < -0.3 is 10.1 Å². The van der Waals surface area contributed by atoms with Crippen molar-refractivity contribution < 1.29 is 22.3 Å². The Morgan fingerprint density at radius 2 is 2.00 bits per heavy atom. The van der Waals surface area contributed by atoms with Gasteiger partial charge in [0.05, 0.1) is 25.2 Å². The normalized spacial score (nSPS) is 16.7. The lowest BCUT2D eigenvalue weighted by atomic mass is 10.2. The molecule has 0 aliphatic carbocycles. The standard InChI is InChI=1S/C18H28FN3O4S/c1-3-16(18(23)20-9-6-10-21-11-13-26-14-12-21)22(27(2,24)25)17-8-5-4-7-15(17)19/h4-5,7-8,16H,3,6,9-14H2,1-2H3,(H,20,23)/t16-/m1/s1. The van der Waals surface area contributed by atoms with Crippen LogP contribution >= 0.6 is 0 Å². The zero-order chi connectivity index (χ0) is 19.9. The van der Waals surface area contributed by atoms with Crippen molar-refractivity contribution in [3.63, 3.8) is 0 Å². The number of anilines is 1. The Labute approximate surface area is 160 Å². The van der Waals surface area contributed by atoms with Crippen molar-refractivity contribution in [3.05, 3.63) is 30.1 Å². The number of para-hydroxylation sites is 1. The SMILES string of the molecule is CC[C@H](C(=O)NCCCN1CCOCC1)N(c1ccccc1F)S(C)(=O)=O. The van der Waals surface area contributed by atoms with Gasteiger partial charge in [-0.05, 0) is 31.5 Å². The van der Waals surface area contributed by atoms with Gasteiger partial charge in [-0.25, -0.2) is 12.8 Å². The molecule has 2 rings (SSSR count).